The lowest BCUT2D eigenvalue weighted by molar-refractivity contribution is 0.962. The maximum absolute atomic E-state index is 3.04. The second-order valence-corrected chi connectivity index (χ2v) is 2.53. The predicted molar refractivity (Wildman–Crippen MR) is 49.2 cm³/mol. The summed E-state index contributed by atoms with van der Waals surface area (Å²) in [5.41, 5.74) is 1.24. The molecular weight excluding hydrogens is 132 g/mol. The highest BCUT2D eigenvalue weighted by Gasteiger charge is 1.80. The molecule has 0 nitrogen and oxygen atoms in total. The summed E-state index contributed by atoms with van der Waals surface area (Å²) in [5.74, 6) is 0. The minimum atomic E-state index is 1.16. The number of unbranched alkanes of at least 4 members (excludes halogenated alkanes) is 1. The van der Waals surface area contributed by atoms with Crippen molar-refractivity contribution in [1.82, 2.24) is 0 Å². The summed E-state index contributed by atoms with van der Waals surface area (Å²) in [6.45, 7) is 2.18. The van der Waals surface area contributed by atoms with Gasteiger partial charge in [0.25, 0.3) is 0 Å². The Hall–Kier alpha value is -1.04. The van der Waals surface area contributed by atoms with Crippen LogP contribution >= 0.6 is 0 Å². The second kappa shape index (κ2) is 4.73. The van der Waals surface area contributed by atoms with E-state index in [4.69, 9.17) is 0 Å². The average Bonchev–Trinajstić information content (AvgIpc) is 2.07. The third-order valence-corrected chi connectivity index (χ3v) is 1.50. The first-order chi connectivity index (χ1) is 5.43. The Kier molecular flexibility index (Phi) is 3.46. The number of hydrogen-bond donors (Lipinski definition) is 0. The Balaban J connectivity index is 2.50. The van der Waals surface area contributed by atoms with Crippen LogP contribution in [0.15, 0.2) is 30.3 Å². The van der Waals surface area contributed by atoms with Crippen molar-refractivity contribution in [2.75, 3.05) is 0 Å². The summed E-state index contributed by atoms with van der Waals surface area (Å²) in [6, 6.07) is 11.0. The van der Waals surface area contributed by atoms with Gasteiger partial charge in [0.2, 0.25) is 0 Å². The molecule has 0 bridgehead atoms. The van der Waals surface area contributed by atoms with Crippen LogP contribution in [0.3, 0.4) is 0 Å². The molecule has 1 radical (unpaired) electrons. The van der Waals surface area contributed by atoms with Crippen molar-refractivity contribution in [3.05, 3.63) is 42.0 Å². The standard InChI is InChI=1S/C11H13/c1-2-3-5-8-11-9-6-4-7-10-11/h4-6,8-10H,2-3H2,1H3. The number of allylic oxidation sites excluding steroid dienone is 1. The molecule has 0 fully saturated rings. The number of rotatable bonds is 3. The summed E-state index contributed by atoms with van der Waals surface area (Å²) >= 11 is 0. The van der Waals surface area contributed by atoms with Gasteiger partial charge in [-0.25, -0.2) is 0 Å². The van der Waals surface area contributed by atoms with Gasteiger partial charge in [-0.05, 0) is 24.1 Å². The van der Waals surface area contributed by atoms with Crippen LogP contribution in [0.4, 0.5) is 0 Å². The molecule has 1 aromatic carbocycles. The monoisotopic (exact) mass is 145 g/mol. The molecule has 0 heteroatoms. The van der Waals surface area contributed by atoms with Crippen LogP contribution in [0.1, 0.15) is 25.3 Å². The summed E-state index contributed by atoms with van der Waals surface area (Å²) in [4.78, 5) is 0. The van der Waals surface area contributed by atoms with E-state index in [0.29, 0.717) is 0 Å². The Morgan fingerprint density at radius 2 is 2.45 bits per heavy atom. The van der Waals surface area contributed by atoms with Crippen LogP contribution in [-0.4, -0.2) is 0 Å². The molecule has 0 spiro atoms. The molecule has 57 valence electrons. The lowest BCUT2D eigenvalue weighted by atomic mass is 10.2. The van der Waals surface area contributed by atoms with Gasteiger partial charge in [-0.15, -0.1) is 0 Å². The molecule has 0 saturated carbocycles. The van der Waals surface area contributed by atoms with Crippen molar-refractivity contribution < 1.29 is 0 Å². The fourth-order valence-electron chi connectivity index (χ4n) is 0.897. The van der Waals surface area contributed by atoms with Gasteiger partial charge in [-0.3, -0.25) is 0 Å². The first kappa shape index (κ1) is 8.06. The molecule has 0 aliphatic carbocycles. The van der Waals surface area contributed by atoms with Crippen molar-refractivity contribution in [2.45, 2.75) is 19.8 Å². The molecule has 1 rings (SSSR count). The minimum Gasteiger partial charge on any atom is -0.0840 e. The molecule has 0 atom stereocenters. The molecule has 1 aromatic rings. The zero-order chi connectivity index (χ0) is 7.94. The molecule has 0 aliphatic rings. The largest absolute Gasteiger partial charge is 0.0840 e. The minimum absolute atomic E-state index is 1.16. The summed E-state index contributed by atoms with van der Waals surface area (Å²) in [5, 5.41) is 0. The fourth-order valence-corrected chi connectivity index (χ4v) is 0.897. The van der Waals surface area contributed by atoms with Crippen LogP contribution in [0.2, 0.25) is 0 Å². The molecule has 0 aromatic heterocycles. The highest BCUT2D eigenvalue weighted by atomic mass is 13.9. The summed E-state index contributed by atoms with van der Waals surface area (Å²) < 4.78 is 0. The van der Waals surface area contributed by atoms with E-state index in [0.717, 1.165) is 6.42 Å². The molecule has 0 saturated heterocycles. The second-order valence-electron chi connectivity index (χ2n) is 2.53. The van der Waals surface area contributed by atoms with Crippen LogP contribution in [0, 0.1) is 6.07 Å². The van der Waals surface area contributed by atoms with Gasteiger partial charge in [0, 0.05) is 0 Å². The van der Waals surface area contributed by atoms with E-state index >= 15 is 0 Å². The van der Waals surface area contributed by atoms with E-state index in [9.17, 15) is 0 Å². The molecule has 0 heterocycles. The Morgan fingerprint density at radius 3 is 3.09 bits per heavy atom. The van der Waals surface area contributed by atoms with Crippen LogP contribution in [-0.2, 0) is 0 Å². The topological polar surface area (TPSA) is 0 Å². The molecule has 0 amide bonds. The Labute approximate surface area is 68.6 Å². The molecule has 0 N–H and O–H groups in total. The third kappa shape index (κ3) is 3.03. The quantitative estimate of drug-likeness (QED) is 0.612. The molecular formula is C11H13. The van der Waals surface area contributed by atoms with Gasteiger partial charge in [-0.1, -0.05) is 43.7 Å². The van der Waals surface area contributed by atoms with Gasteiger partial charge in [0.1, 0.15) is 0 Å². The zero-order valence-electron chi connectivity index (χ0n) is 6.88. The van der Waals surface area contributed by atoms with Gasteiger partial charge < -0.3 is 0 Å². The van der Waals surface area contributed by atoms with Gasteiger partial charge >= 0.3 is 0 Å². The van der Waals surface area contributed by atoms with Crippen LogP contribution in [0.5, 0.6) is 0 Å². The Morgan fingerprint density at radius 1 is 1.55 bits per heavy atom. The summed E-state index contributed by atoms with van der Waals surface area (Å²) in [7, 11) is 0. The van der Waals surface area contributed by atoms with Gasteiger partial charge in [-0.2, -0.15) is 0 Å². The smallest absolute Gasteiger partial charge is 0.0178 e. The molecule has 0 aliphatic heterocycles. The maximum atomic E-state index is 3.04. The summed E-state index contributed by atoms with van der Waals surface area (Å²) in [6.07, 6.45) is 6.71. The predicted octanol–water partition coefficient (Wildman–Crippen LogP) is 3.30. The maximum Gasteiger partial charge on any atom is -0.0178 e. The van der Waals surface area contributed by atoms with Gasteiger partial charge in [0.05, 0.1) is 0 Å². The SMILES string of the molecule is CCCC=Cc1c[c]ccc1. The lowest BCUT2D eigenvalue weighted by Crippen LogP contribution is -1.68. The van der Waals surface area contributed by atoms with Crippen molar-refractivity contribution in [1.29, 1.82) is 0 Å². The van der Waals surface area contributed by atoms with E-state index in [2.05, 4.69) is 31.2 Å². The fraction of sp³-hybridized carbons (Fsp3) is 0.273. The van der Waals surface area contributed by atoms with Crippen molar-refractivity contribution in [3.63, 3.8) is 0 Å². The highest BCUT2D eigenvalue weighted by molar-refractivity contribution is 5.48. The Bertz CT molecular complexity index is 209. The van der Waals surface area contributed by atoms with E-state index in [1.807, 2.05) is 18.2 Å². The van der Waals surface area contributed by atoms with E-state index in [-0.39, 0.29) is 0 Å². The zero-order valence-corrected chi connectivity index (χ0v) is 6.88. The molecule has 11 heavy (non-hydrogen) atoms. The van der Waals surface area contributed by atoms with Crippen LogP contribution in [0.25, 0.3) is 6.08 Å². The first-order valence-corrected chi connectivity index (χ1v) is 4.06. The number of hydrogen-bond acceptors (Lipinski definition) is 0. The normalized spacial score (nSPS) is 10.6. The van der Waals surface area contributed by atoms with E-state index in [1.54, 1.807) is 0 Å². The van der Waals surface area contributed by atoms with Crippen molar-refractivity contribution >= 4 is 6.08 Å². The highest BCUT2D eigenvalue weighted by Crippen LogP contribution is 2.01. The van der Waals surface area contributed by atoms with Crippen LogP contribution < -0.4 is 0 Å². The first-order valence-electron chi connectivity index (χ1n) is 4.06. The third-order valence-electron chi connectivity index (χ3n) is 1.50. The number of benzene rings is 1. The van der Waals surface area contributed by atoms with Crippen molar-refractivity contribution in [2.24, 2.45) is 0 Å². The molecule has 0 unspecified atom stereocenters. The van der Waals surface area contributed by atoms with Gasteiger partial charge in [0.15, 0.2) is 0 Å². The van der Waals surface area contributed by atoms with Crippen molar-refractivity contribution in [3.8, 4) is 0 Å². The lowest BCUT2D eigenvalue weighted by Gasteiger charge is -1.89. The van der Waals surface area contributed by atoms with E-state index < -0.39 is 0 Å². The van der Waals surface area contributed by atoms with E-state index in [1.165, 1.54) is 12.0 Å². The average molecular weight is 145 g/mol.